The van der Waals surface area contributed by atoms with Crippen LogP contribution in [0.5, 0.6) is 0 Å². The van der Waals surface area contributed by atoms with Gasteiger partial charge >= 0.3 is 0 Å². The number of carbonyl (C=O) groups excluding carboxylic acids is 2. The number of rotatable bonds is 8. The molecule has 0 fully saturated rings. The monoisotopic (exact) mass is 393 g/mol. The molecule has 29 heavy (non-hydrogen) atoms. The van der Waals surface area contributed by atoms with E-state index < -0.39 is 0 Å². The first kappa shape index (κ1) is 20.5. The summed E-state index contributed by atoms with van der Waals surface area (Å²) in [4.78, 5) is 26.6. The highest BCUT2D eigenvalue weighted by molar-refractivity contribution is 6.04. The zero-order valence-corrected chi connectivity index (χ0v) is 17.0. The van der Waals surface area contributed by atoms with Crippen LogP contribution in [0.2, 0.25) is 0 Å². The first-order valence-electron chi connectivity index (χ1n) is 9.66. The van der Waals surface area contributed by atoms with Crippen molar-refractivity contribution in [2.45, 2.75) is 19.4 Å². The molecule has 0 saturated carbocycles. The zero-order chi connectivity index (χ0) is 20.8. The number of H-pyrrole nitrogens is 1. The van der Waals surface area contributed by atoms with Gasteiger partial charge in [0.05, 0.1) is 11.6 Å². The van der Waals surface area contributed by atoms with Crippen molar-refractivity contribution in [1.29, 1.82) is 0 Å². The average molecular weight is 393 g/mol. The van der Waals surface area contributed by atoms with Gasteiger partial charge in [-0.05, 0) is 32.6 Å². The number of amides is 2. The van der Waals surface area contributed by atoms with Crippen molar-refractivity contribution in [3.05, 3.63) is 65.4 Å². The van der Waals surface area contributed by atoms with Crippen molar-refractivity contribution in [3.63, 3.8) is 0 Å². The molecule has 1 aromatic heterocycles. The molecule has 0 bridgehead atoms. The normalized spacial score (nSPS) is 12.1. The predicted molar refractivity (Wildman–Crippen MR) is 114 cm³/mol. The molecule has 0 saturated heterocycles. The van der Waals surface area contributed by atoms with Crippen LogP contribution in [0, 0.1) is 6.92 Å². The number of carbonyl (C=O) groups is 2. The zero-order valence-electron chi connectivity index (χ0n) is 17.0. The fourth-order valence-electron chi connectivity index (χ4n) is 3.20. The molecule has 0 spiro atoms. The fraction of sp³-hybridized carbons (Fsp3) is 0.318. The second kappa shape index (κ2) is 9.34. The third-order valence-electron chi connectivity index (χ3n) is 4.90. The van der Waals surface area contributed by atoms with Crippen LogP contribution in [-0.2, 0) is 4.79 Å². The molecule has 2 amide bonds. The maximum Gasteiger partial charge on any atom is 0.272 e. The Hall–Kier alpha value is -3.19. The maximum atomic E-state index is 12.3. The van der Waals surface area contributed by atoms with Crippen LogP contribution in [0.25, 0.3) is 10.9 Å². The van der Waals surface area contributed by atoms with E-state index in [9.17, 15) is 9.59 Å². The van der Waals surface area contributed by atoms with Crippen LogP contribution in [0.4, 0.5) is 0 Å². The number of para-hydroxylation sites is 1. The molecule has 7 nitrogen and oxygen atoms in total. The third-order valence-corrected chi connectivity index (χ3v) is 4.90. The number of fused-ring (bicyclic) bond motifs is 1. The topological polar surface area (TPSA) is 90.1 Å². The Morgan fingerprint density at radius 1 is 1.07 bits per heavy atom. The Morgan fingerprint density at radius 3 is 2.52 bits per heavy atom. The van der Waals surface area contributed by atoms with E-state index in [1.807, 2.05) is 38.4 Å². The molecule has 0 radical (unpaired) electrons. The van der Waals surface area contributed by atoms with Crippen molar-refractivity contribution in [2.75, 3.05) is 27.2 Å². The van der Waals surface area contributed by atoms with Gasteiger partial charge in [-0.15, -0.1) is 0 Å². The molecule has 0 aliphatic carbocycles. The van der Waals surface area contributed by atoms with Gasteiger partial charge in [-0.1, -0.05) is 48.0 Å². The standard InChI is InChI=1S/C22H27N5O2/c1-15-8-10-16(11-9-15)19(27(2)3)14-24-20(28)12-13-23-22(29)21-17-6-4-5-7-18(17)25-26-21/h4-11,19H,12-14H2,1-3H3,(H,23,29)(H,24,28)(H,25,26). The summed E-state index contributed by atoms with van der Waals surface area (Å²) in [6, 6.07) is 15.8. The first-order chi connectivity index (χ1) is 14.0. The van der Waals surface area contributed by atoms with Gasteiger partial charge in [0.15, 0.2) is 5.69 Å². The van der Waals surface area contributed by atoms with Crippen LogP contribution >= 0.6 is 0 Å². The van der Waals surface area contributed by atoms with Crippen LogP contribution < -0.4 is 10.6 Å². The van der Waals surface area contributed by atoms with Gasteiger partial charge in [0.25, 0.3) is 5.91 Å². The van der Waals surface area contributed by atoms with Gasteiger partial charge in [0, 0.05) is 24.9 Å². The van der Waals surface area contributed by atoms with E-state index in [4.69, 9.17) is 0 Å². The molecular weight excluding hydrogens is 366 g/mol. The van der Waals surface area contributed by atoms with E-state index in [-0.39, 0.29) is 30.8 Å². The number of likely N-dealkylation sites (N-methyl/N-ethyl adjacent to an activating group) is 1. The molecule has 152 valence electrons. The van der Waals surface area contributed by atoms with Crippen molar-refractivity contribution in [1.82, 2.24) is 25.7 Å². The second-order valence-corrected chi connectivity index (χ2v) is 7.32. The maximum absolute atomic E-state index is 12.3. The van der Waals surface area contributed by atoms with E-state index >= 15 is 0 Å². The van der Waals surface area contributed by atoms with Gasteiger partial charge < -0.3 is 15.5 Å². The second-order valence-electron chi connectivity index (χ2n) is 7.32. The van der Waals surface area contributed by atoms with Crippen molar-refractivity contribution < 1.29 is 9.59 Å². The largest absolute Gasteiger partial charge is 0.354 e. The lowest BCUT2D eigenvalue weighted by molar-refractivity contribution is -0.121. The summed E-state index contributed by atoms with van der Waals surface area (Å²) in [5, 5.41) is 13.4. The van der Waals surface area contributed by atoms with E-state index in [2.05, 4.69) is 56.9 Å². The summed E-state index contributed by atoms with van der Waals surface area (Å²) >= 11 is 0. The van der Waals surface area contributed by atoms with E-state index in [0.29, 0.717) is 12.2 Å². The summed E-state index contributed by atoms with van der Waals surface area (Å²) in [7, 11) is 3.98. The SMILES string of the molecule is Cc1ccc(C(CNC(=O)CCNC(=O)c2n[nH]c3ccccc23)N(C)C)cc1. The molecule has 1 atom stereocenters. The quantitative estimate of drug-likeness (QED) is 0.548. The van der Waals surface area contributed by atoms with Crippen LogP contribution in [-0.4, -0.2) is 54.1 Å². The molecule has 0 aliphatic rings. The highest BCUT2D eigenvalue weighted by Crippen LogP contribution is 2.18. The fourth-order valence-corrected chi connectivity index (χ4v) is 3.20. The molecule has 7 heteroatoms. The first-order valence-corrected chi connectivity index (χ1v) is 9.66. The number of hydrogen-bond donors (Lipinski definition) is 3. The Labute approximate surface area is 170 Å². The number of aryl methyl sites for hydroxylation is 1. The number of benzene rings is 2. The summed E-state index contributed by atoms with van der Waals surface area (Å²) in [5.41, 5.74) is 3.50. The van der Waals surface area contributed by atoms with Gasteiger partial charge in [-0.2, -0.15) is 5.10 Å². The minimum atomic E-state index is -0.291. The van der Waals surface area contributed by atoms with Gasteiger partial charge in [0.1, 0.15) is 0 Å². The Balaban J connectivity index is 1.48. The minimum absolute atomic E-state index is 0.0876. The minimum Gasteiger partial charge on any atom is -0.354 e. The molecule has 3 aromatic rings. The van der Waals surface area contributed by atoms with Gasteiger partial charge in [-0.25, -0.2) is 0 Å². The number of aromatic nitrogens is 2. The van der Waals surface area contributed by atoms with Crippen LogP contribution in [0.15, 0.2) is 48.5 Å². The molecule has 1 heterocycles. The van der Waals surface area contributed by atoms with Crippen molar-refractivity contribution in [3.8, 4) is 0 Å². The van der Waals surface area contributed by atoms with Crippen molar-refractivity contribution in [2.24, 2.45) is 0 Å². The molecular formula is C22H27N5O2. The summed E-state index contributed by atoms with van der Waals surface area (Å²) in [6.45, 7) is 2.81. The number of nitrogens with one attached hydrogen (secondary N) is 3. The summed E-state index contributed by atoms with van der Waals surface area (Å²) in [5.74, 6) is -0.391. The van der Waals surface area contributed by atoms with Crippen LogP contribution in [0.1, 0.15) is 34.1 Å². The predicted octanol–water partition coefficient (Wildman–Crippen LogP) is 2.41. The lowest BCUT2D eigenvalue weighted by Crippen LogP contribution is -2.36. The molecule has 2 aromatic carbocycles. The number of nitrogens with zero attached hydrogens (tertiary/aromatic N) is 2. The van der Waals surface area contributed by atoms with Crippen LogP contribution in [0.3, 0.4) is 0 Å². The van der Waals surface area contributed by atoms with E-state index in [0.717, 1.165) is 16.5 Å². The van der Waals surface area contributed by atoms with E-state index in [1.165, 1.54) is 5.56 Å². The Morgan fingerprint density at radius 2 is 1.79 bits per heavy atom. The van der Waals surface area contributed by atoms with E-state index in [1.54, 1.807) is 0 Å². The highest BCUT2D eigenvalue weighted by atomic mass is 16.2. The number of hydrogen-bond acceptors (Lipinski definition) is 4. The molecule has 0 aliphatic heterocycles. The smallest absolute Gasteiger partial charge is 0.272 e. The van der Waals surface area contributed by atoms with Gasteiger partial charge in [0.2, 0.25) is 5.91 Å². The van der Waals surface area contributed by atoms with Gasteiger partial charge in [-0.3, -0.25) is 14.7 Å². The summed E-state index contributed by atoms with van der Waals surface area (Å²) < 4.78 is 0. The Kier molecular flexibility index (Phi) is 6.61. The van der Waals surface area contributed by atoms with Crippen molar-refractivity contribution >= 4 is 22.7 Å². The lowest BCUT2D eigenvalue weighted by atomic mass is 10.0. The lowest BCUT2D eigenvalue weighted by Gasteiger charge is -2.25. The molecule has 3 N–H and O–H groups in total. The molecule has 1 unspecified atom stereocenters. The highest BCUT2D eigenvalue weighted by Gasteiger charge is 2.16. The Bertz CT molecular complexity index is 978. The number of aromatic amines is 1. The average Bonchev–Trinajstić information content (AvgIpc) is 3.13. The summed E-state index contributed by atoms with van der Waals surface area (Å²) in [6.07, 6.45) is 0.210. The third kappa shape index (κ3) is 5.20. The molecule has 3 rings (SSSR count).